The largest absolute Gasteiger partial charge is 0.381 e. The molecule has 0 amide bonds. The predicted molar refractivity (Wildman–Crippen MR) is 128 cm³/mol. The minimum absolute atomic E-state index is 0. The quantitative estimate of drug-likeness (QED) is 0.212. The topological polar surface area (TPSA) is 48.9 Å². The number of likely N-dealkylation sites (tertiary alicyclic amines) is 1. The van der Waals surface area contributed by atoms with Crippen LogP contribution in [0.5, 0.6) is 0 Å². The summed E-state index contributed by atoms with van der Waals surface area (Å²) in [5.41, 5.74) is 1.43. The first-order valence-electron chi connectivity index (χ1n) is 10.6. The maximum Gasteiger partial charge on any atom is 0.190 e. The normalized spacial score (nSPS) is 20.0. The molecule has 1 atom stereocenters. The lowest BCUT2D eigenvalue weighted by molar-refractivity contribution is 0.123. The van der Waals surface area contributed by atoms with Crippen LogP contribution in [-0.2, 0) is 11.2 Å². The fourth-order valence-electron chi connectivity index (χ4n) is 3.59. The van der Waals surface area contributed by atoms with Crippen LogP contribution in [0.25, 0.3) is 0 Å². The Morgan fingerprint density at radius 2 is 1.96 bits per heavy atom. The molecule has 2 fully saturated rings. The van der Waals surface area contributed by atoms with E-state index in [1.165, 1.54) is 37.9 Å². The van der Waals surface area contributed by atoms with Crippen molar-refractivity contribution < 1.29 is 4.74 Å². The molecular formula is C22H37IN4O. The van der Waals surface area contributed by atoms with Gasteiger partial charge < -0.3 is 20.3 Å². The van der Waals surface area contributed by atoms with E-state index in [-0.39, 0.29) is 24.0 Å². The number of halogens is 1. The van der Waals surface area contributed by atoms with Gasteiger partial charge in [-0.25, -0.2) is 0 Å². The second-order valence-corrected chi connectivity index (χ2v) is 7.94. The number of nitrogens with zero attached hydrogens (tertiary/aromatic N) is 2. The van der Waals surface area contributed by atoms with Crippen LogP contribution in [0.2, 0.25) is 0 Å². The Hall–Kier alpha value is -0.860. The van der Waals surface area contributed by atoms with E-state index in [9.17, 15) is 0 Å². The van der Waals surface area contributed by atoms with E-state index in [0.29, 0.717) is 5.92 Å². The fourth-order valence-corrected chi connectivity index (χ4v) is 3.59. The van der Waals surface area contributed by atoms with Gasteiger partial charge in [0.1, 0.15) is 0 Å². The van der Waals surface area contributed by atoms with Gasteiger partial charge in [-0.1, -0.05) is 30.3 Å². The van der Waals surface area contributed by atoms with Crippen molar-refractivity contribution in [2.24, 2.45) is 16.8 Å². The Bertz CT molecular complexity index is 565. The van der Waals surface area contributed by atoms with Crippen LogP contribution in [0.15, 0.2) is 35.3 Å². The van der Waals surface area contributed by atoms with Crippen molar-refractivity contribution in [3.63, 3.8) is 0 Å². The molecule has 0 spiro atoms. The Labute approximate surface area is 187 Å². The van der Waals surface area contributed by atoms with Gasteiger partial charge in [-0.3, -0.25) is 4.99 Å². The van der Waals surface area contributed by atoms with Gasteiger partial charge in [0, 0.05) is 46.4 Å². The number of aliphatic imine (C=N–C) groups is 1. The molecule has 5 nitrogen and oxygen atoms in total. The molecule has 1 aliphatic heterocycles. The molecule has 2 N–H and O–H groups in total. The molecule has 2 aliphatic rings. The van der Waals surface area contributed by atoms with Crippen molar-refractivity contribution in [3.8, 4) is 0 Å². The molecule has 1 heterocycles. The third-order valence-electron chi connectivity index (χ3n) is 5.52. The molecule has 0 bridgehead atoms. The van der Waals surface area contributed by atoms with Crippen molar-refractivity contribution in [2.75, 3.05) is 53.0 Å². The van der Waals surface area contributed by atoms with Crippen LogP contribution in [0.1, 0.15) is 31.2 Å². The van der Waals surface area contributed by atoms with Gasteiger partial charge in [0.2, 0.25) is 0 Å². The number of hydrogen-bond acceptors (Lipinski definition) is 3. The zero-order chi connectivity index (χ0) is 18.7. The monoisotopic (exact) mass is 500 g/mol. The number of benzene rings is 1. The van der Waals surface area contributed by atoms with E-state index < -0.39 is 0 Å². The van der Waals surface area contributed by atoms with Crippen LogP contribution in [0.3, 0.4) is 0 Å². The van der Waals surface area contributed by atoms with Gasteiger partial charge in [0.15, 0.2) is 5.96 Å². The molecule has 1 aromatic rings. The summed E-state index contributed by atoms with van der Waals surface area (Å²) in [6.45, 7) is 7.27. The van der Waals surface area contributed by atoms with Gasteiger partial charge >= 0.3 is 0 Å². The van der Waals surface area contributed by atoms with Crippen LogP contribution in [0, 0.1) is 11.8 Å². The Morgan fingerprint density at radius 1 is 1.14 bits per heavy atom. The second-order valence-electron chi connectivity index (χ2n) is 7.94. The molecule has 1 unspecified atom stereocenters. The molecule has 0 aromatic heterocycles. The fraction of sp³-hybridized carbons (Fsp3) is 0.682. The summed E-state index contributed by atoms with van der Waals surface area (Å²) in [7, 11) is 1.85. The van der Waals surface area contributed by atoms with Crippen molar-refractivity contribution in [1.82, 2.24) is 15.5 Å². The Balaban J connectivity index is 0.00000280. The number of guanidine groups is 1. The molecule has 158 valence electrons. The van der Waals surface area contributed by atoms with Crippen LogP contribution >= 0.6 is 24.0 Å². The highest BCUT2D eigenvalue weighted by atomic mass is 127. The van der Waals surface area contributed by atoms with Gasteiger partial charge in [0.25, 0.3) is 0 Å². The minimum Gasteiger partial charge on any atom is -0.381 e. The molecule has 1 aromatic carbocycles. The first-order valence-corrected chi connectivity index (χ1v) is 10.6. The predicted octanol–water partition coefficient (Wildman–Crippen LogP) is 3.15. The van der Waals surface area contributed by atoms with Crippen molar-refractivity contribution in [1.29, 1.82) is 0 Å². The Morgan fingerprint density at radius 3 is 2.71 bits per heavy atom. The molecule has 3 rings (SSSR count). The van der Waals surface area contributed by atoms with Crippen molar-refractivity contribution >= 4 is 29.9 Å². The number of rotatable bonds is 11. The van der Waals surface area contributed by atoms with E-state index >= 15 is 0 Å². The highest BCUT2D eigenvalue weighted by Gasteiger charge is 2.22. The molecular weight excluding hydrogens is 463 g/mol. The third-order valence-corrected chi connectivity index (χ3v) is 5.52. The molecule has 6 heteroatoms. The van der Waals surface area contributed by atoms with E-state index in [1.807, 2.05) is 7.05 Å². The summed E-state index contributed by atoms with van der Waals surface area (Å²) in [5.74, 6) is 2.48. The van der Waals surface area contributed by atoms with Gasteiger partial charge in [-0.05, 0) is 56.0 Å². The lowest BCUT2D eigenvalue weighted by atomic mass is 10.1. The average molecular weight is 500 g/mol. The second kappa shape index (κ2) is 13.4. The van der Waals surface area contributed by atoms with Crippen molar-refractivity contribution in [2.45, 2.75) is 32.1 Å². The van der Waals surface area contributed by atoms with E-state index in [2.05, 4.69) is 50.9 Å². The average Bonchev–Trinajstić information content (AvgIpc) is 3.42. The number of ether oxygens (including phenoxy) is 1. The molecule has 28 heavy (non-hydrogen) atoms. The van der Waals surface area contributed by atoms with E-state index in [4.69, 9.17) is 4.74 Å². The van der Waals surface area contributed by atoms with Gasteiger partial charge in [-0.2, -0.15) is 0 Å². The SMILES string of the molecule is CN=C(NCCCOCC1CC1)NCC1CCN(CCc2ccccc2)C1.I. The first-order chi connectivity index (χ1) is 13.3. The van der Waals surface area contributed by atoms with Gasteiger partial charge in [-0.15, -0.1) is 24.0 Å². The highest BCUT2D eigenvalue weighted by Crippen LogP contribution is 2.28. The molecule has 1 saturated heterocycles. The number of hydrogen-bond donors (Lipinski definition) is 2. The summed E-state index contributed by atoms with van der Waals surface area (Å²) >= 11 is 0. The van der Waals surface area contributed by atoms with Gasteiger partial charge in [0.05, 0.1) is 0 Å². The van der Waals surface area contributed by atoms with Crippen molar-refractivity contribution in [3.05, 3.63) is 35.9 Å². The summed E-state index contributed by atoms with van der Waals surface area (Å²) in [6.07, 6.45) is 6.17. The summed E-state index contributed by atoms with van der Waals surface area (Å²) < 4.78 is 5.68. The standard InChI is InChI=1S/C22H36N4O.HI/c1-23-22(24-12-5-15-27-18-20-8-9-20)25-16-21-11-14-26(17-21)13-10-19-6-3-2-4-7-19;/h2-4,6-7,20-21H,5,8-18H2,1H3,(H2,23,24,25);1H. The lowest BCUT2D eigenvalue weighted by Crippen LogP contribution is -2.40. The van der Waals surface area contributed by atoms with Crippen LogP contribution < -0.4 is 10.6 Å². The van der Waals surface area contributed by atoms with E-state index in [0.717, 1.165) is 57.6 Å². The lowest BCUT2D eigenvalue weighted by Gasteiger charge is -2.17. The highest BCUT2D eigenvalue weighted by molar-refractivity contribution is 14.0. The maximum atomic E-state index is 5.68. The molecule has 1 aliphatic carbocycles. The molecule has 0 radical (unpaired) electrons. The summed E-state index contributed by atoms with van der Waals surface area (Å²) in [5, 5.41) is 6.90. The summed E-state index contributed by atoms with van der Waals surface area (Å²) in [4.78, 5) is 6.93. The smallest absolute Gasteiger partial charge is 0.190 e. The zero-order valence-corrected chi connectivity index (χ0v) is 19.6. The zero-order valence-electron chi connectivity index (χ0n) is 17.2. The maximum absolute atomic E-state index is 5.68. The van der Waals surface area contributed by atoms with Crippen LogP contribution in [0.4, 0.5) is 0 Å². The number of nitrogens with one attached hydrogen (secondary N) is 2. The molecule has 1 saturated carbocycles. The summed E-state index contributed by atoms with van der Waals surface area (Å²) in [6, 6.07) is 10.8. The van der Waals surface area contributed by atoms with E-state index in [1.54, 1.807) is 0 Å². The van der Waals surface area contributed by atoms with Crippen LogP contribution in [-0.4, -0.2) is 63.8 Å². The third kappa shape index (κ3) is 9.09. The minimum atomic E-state index is 0. The first kappa shape index (κ1) is 23.4. The Kier molecular flexibility index (Phi) is 11.2.